The van der Waals surface area contributed by atoms with E-state index in [0.29, 0.717) is 23.3 Å². The number of ether oxygens (including phenoxy) is 1. The molecule has 0 bridgehead atoms. The van der Waals surface area contributed by atoms with Crippen molar-refractivity contribution in [3.8, 4) is 5.75 Å². The average molecular weight is 335 g/mol. The minimum atomic E-state index is 0.549. The summed E-state index contributed by atoms with van der Waals surface area (Å²) >= 11 is 11.2. The van der Waals surface area contributed by atoms with E-state index in [0.717, 1.165) is 11.4 Å². The summed E-state index contributed by atoms with van der Waals surface area (Å²) in [4.78, 5) is 1.95. The Hall–Kier alpha value is -1.78. The van der Waals surface area contributed by atoms with Gasteiger partial charge in [-0.25, -0.2) is 0 Å². The molecule has 5 heteroatoms. The Balaban J connectivity index is 1.76. The molecule has 0 saturated heterocycles. The lowest BCUT2D eigenvalue weighted by atomic mass is 10.2. The molecule has 0 aromatic heterocycles. The van der Waals surface area contributed by atoms with Crippen molar-refractivity contribution in [2.45, 2.75) is 6.92 Å². The molecule has 3 nitrogen and oxygen atoms in total. The summed E-state index contributed by atoms with van der Waals surface area (Å²) in [6.07, 6.45) is 0. The van der Waals surface area contributed by atoms with Gasteiger partial charge in [-0.05, 0) is 55.5 Å². The van der Waals surface area contributed by atoms with Crippen LogP contribution in [0, 0.1) is 6.92 Å². The second-order valence-corrected chi connectivity index (χ2v) is 5.84. The topological polar surface area (TPSA) is 24.5 Å². The van der Waals surface area contributed by atoms with Crippen molar-refractivity contribution in [2.24, 2.45) is 0 Å². The molecule has 0 spiro atoms. The minimum absolute atomic E-state index is 0.549. The highest BCUT2D eigenvalue weighted by molar-refractivity contribution is 7.80. The van der Waals surface area contributed by atoms with Crippen LogP contribution in [0.3, 0.4) is 0 Å². The second kappa shape index (κ2) is 8.01. The van der Waals surface area contributed by atoms with E-state index in [-0.39, 0.29) is 0 Å². The molecule has 2 aromatic carbocycles. The third-order valence-electron chi connectivity index (χ3n) is 3.16. The smallest absolute Gasteiger partial charge is 0.173 e. The standard InChI is InChI=1S/C17H19ClN2OS/c1-13-3-7-15(8-4-13)19-17(22)20(2)11-12-21-16-9-5-14(18)6-10-16/h3-10H,11-12H2,1-2H3,(H,19,22). The number of benzene rings is 2. The first-order valence-electron chi connectivity index (χ1n) is 7.02. The van der Waals surface area contributed by atoms with E-state index in [2.05, 4.69) is 24.4 Å². The molecule has 0 unspecified atom stereocenters. The van der Waals surface area contributed by atoms with Gasteiger partial charge in [0, 0.05) is 17.8 Å². The zero-order valence-electron chi connectivity index (χ0n) is 12.7. The molecular formula is C17H19ClN2OS. The molecule has 0 aliphatic heterocycles. The van der Waals surface area contributed by atoms with Gasteiger partial charge >= 0.3 is 0 Å². The first-order valence-corrected chi connectivity index (χ1v) is 7.80. The van der Waals surface area contributed by atoms with E-state index in [1.807, 2.05) is 48.3 Å². The van der Waals surface area contributed by atoms with Gasteiger partial charge in [0.1, 0.15) is 12.4 Å². The van der Waals surface area contributed by atoms with Crippen molar-refractivity contribution in [3.05, 3.63) is 59.1 Å². The highest BCUT2D eigenvalue weighted by Crippen LogP contribution is 2.15. The zero-order valence-corrected chi connectivity index (χ0v) is 14.2. The van der Waals surface area contributed by atoms with Gasteiger partial charge in [0.2, 0.25) is 0 Å². The Bertz CT molecular complexity index is 614. The number of hydrogen-bond acceptors (Lipinski definition) is 2. The van der Waals surface area contributed by atoms with Gasteiger partial charge in [-0.15, -0.1) is 0 Å². The number of halogens is 1. The van der Waals surface area contributed by atoms with Crippen LogP contribution in [0.5, 0.6) is 5.75 Å². The van der Waals surface area contributed by atoms with E-state index in [9.17, 15) is 0 Å². The number of hydrogen-bond donors (Lipinski definition) is 1. The predicted molar refractivity (Wildman–Crippen MR) is 97.0 cm³/mol. The molecule has 22 heavy (non-hydrogen) atoms. The van der Waals surface area contributed by atoms with E-state index in [1.54, 1.807) is 0 Å². The molecule has 0 aliphatic rings. The molecule has 1 N–H and O–H groups in total. The Labute approximate surface area is 141 Å². The molecule has 2 aromatic rings. The van der Waals surface area contributed by atoms with E-state index in [4.69, 9.17) is 28.6 Å². The monoisotopic (exact) mass is 334 g/mol. The SMILES string of the molecule is Cc1ccc(NC(=S)N(C)CCOc2ccc(Cl)cc2)cc1. The van der Waals surface area contributed by atoms with Gasteiger partial charge in [0.25, 0.3) is 0 Å². The van der Waals surface area contributed by atoms with Crippen LogP contribution in [0.25, 0.3) is 0 Å². The first-order chi connectivity index (χ1) is 10.5. The summed E-state index contributed by atoms with van der Waals surface area (Å²) in [7, 11) is 1.94. The Morgan fingerprint density at radius 3 is 2.41 bits per heavy atom. The maximum absolute atomic E-state index is 5.84. The lowest BCUT2D eigenvalue weighted by Gasteiger charge is -2.21. The fourth-order valence-corrected chi connectivity index (χ4v) is 2.12. The van der Waals surface area contributed by atoms with Crippen LogP contribution < -0.4 is 10.1 Å². The second-order valence-electron chi connectivity index (χ2n) is 5.02. The predicted octanol–water partition coefficient (Wildman–Crippen LogP) is 4.36. The average Bonchev–Trinajstić information content (AvgIpc) is 2.51. The molecule has 0 fully saturated rings. The number of anilines is 1. The summed E-state index contributed by atoms with van der Waals surface area (Å²) in [6.45, 7) is 3.30. The lowest BCUT2D eigenvalue weighted by Crippen LogP contribution is -2.34. The highest BCUT2D eigenvalue weighted by atomic mass is 35.5. The zero-order chi connectivity index (χ0) is 15.9. The van der Waals surface area contributed by atoms with Gasteiger partial charge in [0.05, 0.1) is 6.54 Å². The normalized spacial score (nSPS) is 10.1. The third-order valence-corrected chi connectivity index (χ3v) is 3.82. The van der Waals surface area contributed by atoms with Crippen molar-refractivity contribution in [1.29, 1.82) is 0 Å². The van der Waals surface area contributed by atoms with E-state index >= 15 is 0 Å². The molecular weight excluding hydrogens is 316 g/mol. The summed E-state index contributed by atoms with van der Waals surface area (Å²) < 4.78 is 5.66. The maximum atomic E-state index is 5.84. The van der Waals surface area contributed by atoms with Gasteiger partial charge in [-0.3, -0.25) is 0 Å². The number of likely N-dealkylation sites (N-methyl/N-ethyl adjacent to an activating group) is 1. The minimum Gasteiger partial charge on any atom is -0.492 e. The lowest BCUT2D eigenvalue weighted by molar-refractivity contribution is 0.285. The van der Waals surface area contributed by atoms with Crippen LogP contribution in [-0.4, -0.2) is 30.2 Å². The molecule has 0 amide bonds. The summed E-state index contributed by atoms with van der Waals surface area (Å²) in [5.41, 5.74) is 2.21. The Kier molecular flexibility index (Phi) is 6.04. The van der Waals surface area contributed by atoms with Gasteiger partial charge < -0.3 is 15.0 Å². The van der Waals surface area contributed by atoms with Gasteiger partial charge in [0.15, 0.2) is 5.11 Å². The Morgan fingerprint density at radius 2 is 1.77 bits per heavy atom. The third kappa shape index (κ3) is 5.20. The van der Waals surface area contributed by atoms with Crippen molar-refractivity contribution < 1.29 is 4.74 Å². The van der Waals surface area contributed by atoms with Crippen LogP contribution in [-0.2, 0) is 0 Å². The summed E-state index contributed by atoms with van der Waals surface area (Å²) in [5, 5.41) is 4.58. The first kappa shape index (κ1) is 16.6. The van der Waals surface area contributed by atoms with Crippen molar-refractivity contribution in [1.82, 2.24) is 4.90 Å². The van der Waals surface area contributed by atoms with Gasteiger partial charge in [-0.2, -0.15) is 0 Å². The van der Waals surface area contributed by atoms with Crippen LogP contribution >= 0.6 is 23.8 Å². The summed E-state index contributed by atoms with van der Waals surface area (Å²) in [5.74, 6) is 0.801. The molecule has 0 aliphatic carbocycles. The largest absolute Gasteiger partial charge is 0.492 e. The van der Waals surface area contributed by atoms with Gasteiger partial charge in [-0.1, -0.05) is 29.3 Å². The fourth-order valence-electron chi connectivity index (χ4n) is 1.79. The van der Waals surface area contributed by atoms with Crippen molar-refractivity contribution in [2.75, 3.05) is 25.5 Å². The molecule has 0 heterocycles. The highest BCUT2D eigenvalue weighted by Gasteiger charge is 2.05. The molecule has 0 saturated carbocycles. The van der Waals surface area contributed by atoms with Crippen LogP contribution in [0.1, 0.15) is 5.56 Å². The molecule has 0 radical (unpaired) electrons. The molecule has 0 atom stereocenters. The van der Waals surface area contributed by atoms with Crippen LogP contribution in [0.15, 0.2) is 48.5 Å². The Morgan fingerprint density at radius 1 is 1.14 bits per heavy atom. The number of thiocarbonyl (C=S) groups is 1. The van der Waals surface area contributed by atoms with Crippen LogP contribution in [0.4, 0.5) is 5.69 Å². The maximum Gasteiger partial charge on any atom is 0.173 e. The number of rotatable bonds is 5. The van der Waals surface area contributed by atoms with Crippen molar-refractivity contribution in [3.63, 3.8) is 0 Å². The van der Waals surface area contributed by atoms with Crippen LogP contribution in [0.2, 0.25) is 5.02 Å². The number of aryl methyl sites for hydroxylation is 1. The quantitative estimate of drug-likeness (QED) is 0.821. The van der Waals surface area contributed by atoms with E-state index < -0.39 is 0 Å². The summed E-state index contributed by atoms with van der Waals surface area (Å²) in [6, 6.07) is 15.5. The number of nitrogens with one attached hydrogen (secondary N) is 1. The van der Waals surface area contributed by atoms with Crippen molar-refractivity contribution >= 4 is 34.6 Å². The van der Waals surface area contributed by atoms with E-state index in [1.165, 1.54) is 5.56 Å². The molecule has 116 valence electrons. The molecule has 2 rings (SSSR count). The fraction of sp³-hybridized carbons (Fsp3) is 0.235. The number of nitrogens with zero attached hydrogens (tertiary/aromatic N) is 1.